The summed E-state index contributed by atoms with van der Waals surface area (Å²) in [4.78, 5) is 28.7. The molecule has 1 aliphatic heterocycles. The molecule has 0 bridgehead atoms. The lowest BCUT2D eigenvalue weighted by Crippen LogP contribution is -2.48. The largest absolute Gasteiger partial charge is 0.462 e. The first-order chi connectivity index (χ1) is 18.8. The van der Waals surface area contributed by atoms with Crippen LogP contribution in [-0.2, 0) is 32.3 Å². The van der Waals surface area contributed by atoms with Crippen LogP contribution in [0.25, 0.3) is 11.1 Å². The van der Waals surface area contributed by atoms with Gasteiger partial charge >= 0.3 is 5.97 Å². The van der Waals surface area contributed by atoms with Crippen LogP contribution >= 0.6 is 0 Å². The minimum Gasteiger partial charge on any atom is -0.462 e. The van der Waals surface area contributed by atoms with E-state index in [4.69, 9.17) is 4.74 Å². The summed E-state index contributed by atoms with van der Waals surface area (Å²) >= 11 is 0. The molecule has 1 atom stereocenters. The van der Waals surface area contributed by atoms with Gasteiger partial charge in [0.25, 0.3) is 0 Å². The number of aryl methyl sites for hydroxylation is 1. The van der Waals surface area contributed by atoms with Gasteiger partial charge in [-0.3, -0.25) is 4.79 Å². The Labute approximate surface area is 228 Å². The third kappa shape index (κ3) is 5.10. The summed E-state index contributed by atoms with van der Waals surface area (Å²) in [6.07, 6.45) is -0.0624. The first-order valence-corrected chi connectivity index (χ1v) is 14.4. The van der Waals surface area contributed by atoms with Gasteiger partial charge < -0.3 is 9.64 Å². The van der Waals surface area contributed by atoms with Crippen molar-refractivity contribution in [3.63, 3.8) is 0 Å². The first-order valence-electron chi connectivity index (χ1n) is 12.9. The van der Waals surface area contributed by atoms with E-state index in [1.165, 1.54) is 4.90 Å². The van der Waals surface area contributed by atoms with E-state index in [0.717, 1.165) is 16.7 Å². The third-order valence-corrected chi connectivity index (χ3v) is 9.02. The number of ether oxygens (including phenoxy) is 1. The van der Waals surface area contributed by atoms with Crippen LogP contribution in [-0.4, -0.2) is 32.2 Å². The molecule has 39 heavy (non-hydrogen) atoms. The second-order valence-electron chi connectivity index (χ2n) is 9.53. The Kier molecular flexibility index (Phi) is 7.35. The zero-order valence-corrected chi connectivity index (χ0v) is 22.6. The zero-order chi connectivity index (χ0) is 27.6. The summed E-state index contributed by atoms with van der Waals surface area (Å²) in [5.41, 5.74) is 4.67. The highest BCUT2D eigenvalue weighted by Crippen LogP contribution is 2.41. The molecule has 0 radical (unpaired) electrons. The molecule has 0 fully saturated rings. The number of nitrogens with zero attached hydrogens (tertiary/aromatic N) is 1. The quantitative estimate of drug-likeness (QED) is 0.279. The van der Waals surface area contributed by atoms with Crippen molar-refractivity contribution in [3.05, 3.63) is 119 Å². The molecule has 4 aromatic carbocycles. The smallest absolute Gasteiger partial charge is 0.338 e. The van der Waals surface area contributed by atoms with Gasteiger partial charge in [0, 0.05) is 17.7 Å². The van der Waals surface area contributed by atoms with Crippen molar-refractivity contribution in [1.29, 1.82) is 0 Å². The van der Waals surface area contributed by atoms with Crippen molar-refractivity contribution >= 4 is 27.4 Å². The number of hydrogen-bond acceptors (Lipinski definition) is 5. The van der Waals surface area contributed by atoms with Gasteiger partial charge in [-0.15, -0.1) is 0 Å². The van der Waals surface area contributed by atoms with Crippen molar-refractivity contribution in [3.8, 4) is 11.1 Å². The number of benzene rings is 4. The molecule has 0 aromatic heterocycles. The predicted octanol–water partition coefficient (Wildman–Crippen LogP) is 5.77. The molecule has 1 heterocycles. The van der Waals surface area contributed by atoms with Crippen molar-refractivity contribution in [2.24, 2.45) is 0 Å². The number of carbonyl (C=O) groups excluding carboxylic acids is 2. The van der Waals surface area contributed by atoms with Gasteiger partial charge in [-0.1, -0.05) is 78.4 Å². The second kappa shape index (κ2) is 10.9. The first kappa shape index (κ1) is 26.4. The second-order valence-corrected chi connectivity index (χ2v) is 11.7. The minimum atomic E-state index is -4.05. The van der Waals surface area contributed by atoms with E-state index in [9.17, 15) is 18.0 Å². The van der Waals surface area contributed by atoms with Crippen LogP contribution in [0.4, 0.5) is 5.69 Å². The number of hydrogen-bond donors (Lipinski definition) is 0. The highest BCUT2D eigenvalue weighted by atomic mass is 32.2. The Hall–Kier alpha value is -4.23. The van der Waals surface area contributed by atoms with E-state index in [2.05, 4.69) is 0 Å². The van der Waals surface area contributed by atoms with Crippen LogP contribution in [0.2, 0.25) is 0 Å². The number of amides is 1. The normalized spacial score (nSPS) is 15.1. The summed E-state index contributed by atoms with van der Waals surface area (Å²) in [5.74, 6) is -0.988. The average molecular weight is 540 g/mol. The van der Waals surface area contributed by atoms with Crippen molar-refractivity contribution in [2.45, 2.75) is 37.0 Å². The summed E-state index contributed by atoms with van der Waals surface area (Å²) in [7, 11) is -4.05. The van der Waals surface area contributed by atoms with Crippen LogP contribution in [0.3, 0.4) is 0 Å². The highest BCUT2D eigenvalue weighted by Gasteiger charge is 2.43. The topological polar surface area (TPSA) is 80.8 Å². The van der Waals surface area contributed by atoms with Crippen LogP contribution in [0.1, 0.15) is 34.0 Å². The molecule has 1 aliphatic rings. The van der Waals surface area contributed by atoms with Gasteiger partial charge in [0.2, 0.25) is 5.91 Å². The SMILES string of the molecule is CCOC(=O)c1ccc2c(c1-c1ccccc1)CC(S(=O)(=O)c1ccc(C)cc1)C(=O)N2Cc1ccccc1. The maximum Gasteiger partial charge on any atom is 0.338 e. The molecular formula is C32H29NO5S. The Morgan fingerprint density at radius 2 is 1.54 bits per heavy atom. The Morgan fingerprint density at radius 3 is 2.18 bits per heavy atom. The van der Waals surface area contributed by atoms with Crippen LogP contribution in [0.5, 0.6) is 0 Å². The predicted molar refractivity (Wildman–Crippen MR) is 151 cm³/mol. The Balaban J connectivity index is 1.74. The standard InChI is InChI=1S/C32H29NO5S/c1-3-38-32(35)26-18-19-28-27(30(26)24-12-8-5-9-13-24)20-29(39(36,37)25-16-14-22(2)15-17-25)31(34)33(28)21-23-10-6-4-7-11-23/h4-19,29H,3,20-21H2,1-2H3. The maximum absolute atomic E-state index is 14.0. The van der Waals surface area contributed by atoms with E-state index in [0.29, 0.717) is 22.4 Å². The lowest BCUT2D eigenvalue weighted by molar-refractivity contribution is -0.118. The molecule has 6 nitrogen and oxygen atoms in total. The van der Waals surface area contributed by atoms with Gasteiger partial charge in [0.1, 0.15) is 5.25 Å². The number of sulfone groups is 1. The number of fused-ring (bicyclic) bond motifs is 1. The fraction of sp³-hybridized carbons (Fsp3) is 0.188. The molecule has 0 saturated carbocycles. The lowest BCUT2D eigenvalue weighted by Gasteiger charge is -2.36. The van der Waals surface area contributed by atoms with Gasteiger partial charge in [0.15, 0.2) is 9.84 Å². The molecule has 5 rings (SSSR count). The molecule has 7 heteroatoms. The molecule has 1 unspecified atom stereocenters. The summed E-state index contributed by atoms with van der Waals surface area (Å²) in [6.45, 7) is 4.01. The lowest BCUT2D eigenvalue weighted by atomic mass is 9.87. The van der Waals surface area contributed by atoms with E-state index in [-0.39, 0.29) is 24.5 Å². The molecule has 0 saturated heterocycles. The molecule has 0 N–H and O–H groups in total. The number of rotatable bonds is 7. The van der Waals surface area contributed by atoms with Crippen LogP contribution in [0.15, 0.2) is 102 Å². The molecule has 1 amide bonds. The maximum atomic E-state index is 14.0. The summed E-state index contributed by atoms with van der Waals surface area (Å²) < 4.78 is 33.3. The Morgan fingerprint density at radius 1 is 0.897 bits per heavy atom. The minimum absolute atomic E-state index is 0.0624. The van der Waals surface area contributed by atoms with E-state index in [1.54, 1.807) is 43.3 Å². The number of carbonyl (C=O) groups is 2. The fourth-order valence-corrected chi connectivity index (χ4v) is 6.66. The molecule has 198 valence electrons. The fourth-order valence-electron chi connectivity index (χ4n) is 5.04. The number of anilines is 1. The van der Waals surface area contributed by atoms with Crippen LogP contribution < -0.4 is 4.90 Å². The highest BCUT2D eigenvalue weighted by molar-refractivity contribution is 7.92. The van der Waals surface area contributed by atoms with Crippen LogP contribution in [0, 0.1) is 6.92 Å². The number of esters is 1. The summed E-state index contributed by atoms with van der Waals surface area (Å²) in [6, 6.07) is 28.7. The van der Waals surface area contributed by atoms with E-state index in [1.807, 2.05) is 67.6 Å². The molecule has 0 spiro atoms. The van der Waals surface area contributed by atoms with Gasteiger partial charge in [-0.05, 0) is 54.8 Å². The van der Waals surface area contributed by atoms with E-state index < -0.39 is 27.0 Å². The van der Waals surface area contributed by atoms with Gasteiger partial charge in [-0.2, -0.15) is 0 Å². The monoisotopic (exact) mass is 539 g/mol. The molecular weight excluding hydrogens is 510 g/mol. The summed E-state index contributed by atoms with van der Waals surface area (Å²) in [5, 5.41) is -1.35. The van der Waals surface area contributed by atoms with Crippen molar-refractivity contribution < 1.29 is 22.7 Å². The third-order valence-electron chi connectivity index (χ3n) is 6.98. The molecule has 4 aromatic rings. The zero-order valence-electron chi connectivity index (χ0n) is 21.8. The Bertz CT molecular complexity index is 1610. The van der Waals surface area contributed by atoms with Crippen molar-refractivity contribution in [2.75, 3.05) is 11.5 Å². The average Bonchev–Trinajstić information content (AvgIpc) is 2.95. The van der Waals surface area contributed by atoms with E-state index >= 15 is 0 Å². The van der Waals surface area contributed by atoms with Crippen molar-refractivity contribution in [1.82, 2.24) is 0 Å². The van der Waals surface area contributed by atoms with Gasteiger partial charge in [0.05, 0.1) is 23.6 Å². The molecule has 0 aliphatic carbocycles. The van der Waals surface area contributed by atoms with Gasteiger partial charge in [-0.25, -0.2) is 13.2 Å².